The quantitative estimate of drug-likeness (QED) is 0.813. The molecule has 0 radical (unpaired) electrons. The van der Waals surface area contributed by atoms with Crippen LogP contribution in [0.25, 0.3) is 0 Å². The zero-order chi connectivity index (χ0) is 14.4. The summed E-state index contributed by atoms with van der Waals surface area (Å²) in [6.45, 7) is 6.03. The van der Waals surface area contributed by atoms with Gasteiger partial charge in [0, 0.05) is 32.4 Å². The number of likely N-dealkylation sites (N-methyl/N-ethyl adjacent to an activating group) is 1. The number of piperidine rings is 1. The average Bonchev–Trinajstić information content (AvgIpc) is 2.88. The van der Waals surface area contributed by atoms with Gasteiger partial charge in [-0.25, -0.2) is 0 Å². The maximum Gasteiger partial charge on any atom is 0.241 e. The molecule has 1 aliphatic heterocycles. The molecule has 0 unspecified atom stereocenters. The molecule has 1 aromatic heterocycles. The van der Waals surface area contributed by atoms with Crippen molar-refractivity contribution in [1.82, 2.24) is 20.0 Å². The summed E-state index contributed by atoms with van der Waals surface area (Å²) in [5.41, 5.74) is 1.00. The minimum absolute atomic E-state index is 0.0347. The van der Waals surface area contributed by atoms with Gasteiger partial charge in [-0.3, -0.25) is 9.48 Å². The molecule has 6 nitrogen and oxygen atoms in total. The molecule has 1 aromatic rings. The van der Waals surface area contributed by atoms with Gasteiger partial charge in [-0.05, 0) is 25.8 Å². The number of nitrogens with one attached hydrogen (secondary N) is 2. The fourth-order valence-electron chi connectivity index (χ4n) is 2.60. The van der Waals surface area contributed by atoms with Gasteiger partial charge < -0.3 is 15.5 Å². The van der Waals surface area contributed by atoms with Gasteiger partial charge >= 0.3 is 0 Å². The first-order valence-electron chi connectivity index (χ1n) is 7.43. The summed E-state index contributed by atoms with van der Waals surface area (Å²) in [5, 5.41) is 10.3. The van der Waals surface area contributed by atoms with Gasteiger partial charge in [0.1, 0.15) is 6.54 Å². The molecule has 1 aliphatic rings. The lowest BCUT2D eigenvalue weighted by Crippen LogP contribution is -2.39. The number of likely N-dealkylation sites (tertiary alicyclic amines) is 1. The molecule has 1 fully saturated rings. The molecule has 0 aliphatic carbocycles. The number of amides is 1. The first-order chi connectivity index (χ1) is 9.71. The lowest BCUT2D eigenvalue weighted by Gasteiger charge is -2.32. The number of carbonyl (C=O) groups is 1. The summed E-state index contributed by atoms with van der Waals surface area (Å²) in [4.78, 5) is 13.8. The summed E-state index contributed by atoms with van der Waals surface area (Å²) in [5.74, 6) is -0.0347. The van der Waals surface area contributed by atoms with Crippen molar-refractivity contribution in [3.63, 3.8) is 0 Å². The van der Waals surface area contributed by atoms with Crippen LogP contribution in [0.1, 0.15) is 26.2 Å². The van der Waals surface area contributed by atoms with Crippen LogP contribution in [0, 0.1) is 0 Å². The van der Waals surface area contributed by atoms with Crippen molar-refractivity contribution in [2.24, 2.45) is 0 Å². The van der Waals surface area contributed by atoms with E-state index in [9.17, 15) is 4.79 Å². The minimum atomic E-state index is -0.0347. The van der Waals surface area contributed by atoms with Crippen LogP contribution >= 0.6 is 0 Å². The second kappa shape index (κ2) is 7.28. The molecular formula is C14H25N5O. The fourth-order valence-corrected chi connectivity index (χ4v) is 2.60. The maximum atomic E-state index is 11.3. The molecule has 0 bridgehead atoms. The number of carbonyl (C=O) groups excluding carboxylic acids is 1. The zero-order valence-corrected chi connectivity index (χ0v) is 12.4. The largest absolute Gasteiger partial charge is 0.380 e. The van der Waals surface area contributed by atoms with Gasteiger partial charge in [0.05, 0.1) is 11.9 Å². The van der Waals surface area contributed by atoms with E-state index < -0.39 is 0 Å². The predicted molar refractivity (Wildman–Crippen MR) is 79.7 cm³/mol. The topological polar surface area (TPSA) is 62.2 Å². The first kappa shape index (κ1) is 14.8. The van der Waals surface area contributed by atoms with Crippen LogP contribution in [0.3, 0.4) is 0 Å². The molecule has 1 amide bonds. The Bertz CT molecular complexity index is 423. The van der Waals surface area contributed by atoms with E-state index >= 15 is 0 Å². The lowest BCUT2D eigenvalue weighted by atomic mass is 10.0. The average molecular weight is 279 g/mol. The van der Waals surface area contributed by atoms with E-state index in [0.717, 1.165) is 18.8 Å². The Morgan fingerprint density at radius 1 is 1.45 bits per heavy atom. The van der Waals surface area contributed by atoms with Gasteiger partial charge in [0.2, 0.25) is 5.91 Å². The number of nitrogens with zero attached hydrogens (tertiary/aromatic N) is 3. The van der Waals surface area contributed by atoms with Crippen LogP contribution < -0.4 is 10.6 Å². The van der Waals surface area contributed by atoms with Gasteiger partial charge in [0.15, 0.2) is 0 Å². The van der Waals surface area contributed by atoms with Gasteiger partial charge in [-0.15, -0.1) is 0 Å². The van der Waals surface area contributed by atoms with E-state index in [1.54, 1.807) is 17.9 Å². The van der Waals surface area contributed by atoms with E-state index in [4.69, 9.17) is 0 Å². The van der Waals surface area contributed by atoms with Crippen LogP contribution in [-0.2, 0) is 11.3 Å². The Morgan fingerprint density at radius 3 is 2.85 bits per heavy atom. The molecule has 2 N–H and O–H groups in total. The molecular weight excluding hydrogens is 254 g/mol. The van der Waals surface area contributed by atoms with Gasteiger partial charge in [-0.1, -0.05) is 6.92 Å². The molecule has 2 rings (SSSR count). The van der Waals surface area contributed by atoms with Gasteiger partial charge in [-0.2, -0.15) is 5.10 Å². The third kappa shape index (κ3) is 4.23. The Balaban J connectivity index is 1.78. The molecule has 0 aromatic carbocycles. The molecule has 0 spiro atoms. The van der Waals surface area contributed by atoms with Crippen molar-refractivity contribution in [3.8, 4) is 0 Å². The smallest absolute Gasteiger partial charge is 0.241 e. The van der Waals surface area contributed by atoms with Crippen LogP contribution in [0.2, 0.25) is 0 Å². The highest BCUT2D eigenvalue weighted by atomic mass is 16.1. The molecule has 6 heteroatoms. The summed E-state index contributed by atoms with van der Waals surface area (Å²) < 4.78 is 1.66. The maximum absolute atomic E-state index is 11.3. The first-order valence-corrected chi connectivity index (χ1v) is 7.43. The predicted octanol–water partition coefficient (Wildman–Crippen LogP) is 0.915. The second-order valence-corrected chi connectivity index (χ2v) is 5.36. The molecule has 0 atom stereocenters. The monoisotopic (exact) mass is 279 g/mol. The van der Waals surface area contributed by atoms with Crippen molar-refractivity contribution in [3.05, 3.63) is 12.4 Å². The van der Waals surface area contributed by atoms with Crippen molar-refractivity contribution < 1.29 is 4.79 Å². The Kier molecular flexibility index (Phi) is 5.40. The third-order valence-electron chi connectivity index (χ3n) is 3.72. The molecule has 2 heterocycles. The standard InChI is InChI=1S/C14H25N5O/c1-3-6-18-7-4-12(5-8-18)17-13-9-16-19(10-13)11-14(20)15-2/h9-10,12,17H,3-8,11H2,1-2H3,(H,15,20). The number of aromatic nitrogens is 2. The van der Waals surface area contributed by atoms with Crippen LogP contribution in [-0.4, -0.2) is 53.3 Å². The fraction of sp³-hybridized carbons (Fsp3) is 0.714. The molecule has 20 heavy (non-hydrogen) atoms. The van der Waals surface area contributed by atoms with Crippen molar-refractivity contribution >= 4 is 11.6 Å². The summed E-state index contributed by atoms with van der Waals surface area (Å²) in [6, 6.07) is 0.515. The van der Waals surface area contributed by atoms with Crippen molar-refractivity contribution in [2.75, 3.05) is 32.0 Å². The summed E-state index contributed by atoms with van der Waals surface area (Å²) in [6.07, 6.45) is 7.25. The number of rotatable bonds is 6. The summed E-state index contributed by atoms with van der Waals surface area (Å²) >= 11 is 0. The van der Waals surface area contributed by atoms with E-state index in [1.165, 1.54) is 25.8 Å². The van der Waals surface area contributed by atoms with Gasteiger partial charge in [0.25, 0.3) is 0 Å². The number of hydrogen-bond acceptors (Lipinski definition) is 4. The van der Waals surface area contributed by atoms with Crippen LogP contribution in [0.15, 0.2) is 12.4 Å². The molecule has 0 saturated carbocycles. The molecule has 112 valence electrons. The van der Waals surface area contributed by atoms with Crippen molar-refractivity contribution in [2.45, 2.75) is 38.8 Å². The second-order valence-electron chi connectivity index (χ2n) is 5.36. The Hall–Kier alpha value is -1.56. The number of hydrogen-bond donors (Lipinski definition) is 2. The lowest BCUT2D eigenvalue weighted by molar-refractivity contribution is -0.121. The minimum Gasteiger partial charge on any atom is -0.380 e. The third-order valence-corrected chi connectivity index (χ3v) is 3.72. The van der Waals surface area contributed by atoms with Crippen molar-refractivity contribution in [1.29, 1.82) is 0 Å². The van der Waals surface area contributed by atoms with E-state index in [-0.39, 0.29) is 12.5 Å². The van der Waals surface area contributed by atoms with E-state index in [0.29, 0.717) is 6.04 Å². The Morgan fingerprint density at radius 2 is 2.20 bits per heavy atom. The highest BCUT2D eigenvalue weighted by Crippen LogP contribution is 2.16. The zero-order valence-electron chi connectivity index (χ0n) is 12.4. The Labute approximate surface area is 120 Å². The number of anilines is 1. The highest BCUT2D eigenvalue weighted by Gasteiger charge is 2.18. The van der Waals surface area contributed by atoms with E-state index in [1.807, 2.05) is 6.20 Å². The summed E-state index contributed by atoms with van der Waals surface area (Å²) in [7, 11) is 1.63. The van der Waals surface area contributed by atoms with E-state index in [2.05, 4.69) is 27.6 Å². The highest BCUT2D eigenvalue weighted by molar-refractivity contribution is 5.75. The van der Waals surface area contributed by atoms with Crippen LogP contribution in [0.5, 0.6) is 0 Å². The SMILES string of the molecule is CCCN1CCC(Nc2cnn(CC(=O)NC)c2)CC1. The van der Waals surface area contributed by atoms with Crippen LogP contribution in [0.4, 0.5) is 5.69 Å². The normalized spacial score (nSPS) is 17.1. The molecule has 1 saturated heterocycles.